The number of methoxy groups -OCH3 is 1. The monoisotopic (exact) mass is 395 g/mol. The van der Waals surface area contributed by atoms with Crippen LogP contribution in [0.1, 0.15) is 34.1 Å². The Balaban J connectivity index is 2.08. The van der Waals surface area contributed by atoms with Crippen LogP contribution in [0.5, 0.6) is 11.5 Å². The molecule has 0 aliphatic rings. The number of benzene rings is 2. The SMILES string of the molecule is CCCOc1c(Cl)cc(C(=O)NCC(=O)c2ccc(Cl)cc2)cc1OC. The number of carbonyl (C=O) groups is 2. The number of nitrogens with one attached hydrogen (secondary N) is 1. The maximum Gasteiger partial charge on any atom is 0.251 e. The van der Waals surface area contributed by atoms with Crippen molar-refractivity contribution in [1.29, 1.82) is 0 Å². The van der Waals surface area contributed by atoms with E-state index in [9.17, 15) is 9.59 Å². The Hall–Kier alpha value is -2.24. The third kappa shape index (κ3) is 5.13. The molecule has 0 saturated heterocycles. The molecular formula is C19H19Cl2NO4. The Kier molecular flexibility index (Phi) is 7.30. The van der Waals surface area contributed by atoms with Crippen LogP contribution < -0.4 is 14.8 Å². The molecule has 0 fully saturated rings. The minimum Gasteiger partial charge on any atom is -0.493 e. The summed E-state index contributed by atoms with van der Waals surface area (Å²) in [5.41, 5.74) is 0.744. The lowest BCUT2D eigenvalue weighted by molar-refractivity contribution is 0.0904. The van der Waals surface area contributed by atoms with Crippen LogP contribution in [0.3, 0.4) is 0 Å². The fourth-order valence-corrected chi connectivity index (χ4v) is 2.59. The molecule has 26 heavy (non-hydrogen) atoms. The van der Waals surface area contributed by atoms with E-state index >= 15 is 0 Å². The minimum atomic E-state index is -0.436. The summed E-state index contributed by atoms with van der Waals surface area (Å²) >= 11 is 12.0. The largest absolute Gasteiger partial charge is 0.493 e. The van der Waals surface area contributed by atoms with Gasteiger partial charge >= 0.3 is 0 Å². The molecule has 0 aliphatic heterocycles. The number of amides is 1. The number of hydrogen-bond acceptors (Lipinski definition) is 4. The molecular weight excluding hydrogens is 377 g/mol. The van der Waals surface area contributed by atoms with E-state index in [0.717, 1.165) is 6.42 Å². The molecule has 0 saturated carbocycles. The lowest BCUT2D eigenvalue weighted by Gasteiger charge is -2.13. The maximum absolute atomic E-state index is 12.3. The highest BCUT2D eigenvalue weighted by atomic mass is 35.5. The van der Waals surface area contributed by atoms with Gasteiger partial charge in [0.25, 0.3) is 5.91 Å². The average molecular weight is 396 g/mol. The van der Waals surface area contributed by atoms with Crippen molar-refractivity contribution in [2.75, 3.05) is 20.3 Å². The van der Waals surface area contributed by atoms with Crippen molar-refractivity contribution in [2.45, 2.75) is 13.3 Å². The number of hydrogen-bond donors (Lipinski definition) is 1. The van der Waals surface area contributed by atoms with E-state index in [1.165, 1.54) is 19.2 Å². The Morgan fingerprint density at radius 2 is 1.77 bits per heavy atom. The van der Waals surface area contributed by atoms with Gasteiger partial charge in [0.2, 0.25) is 0 Å². The molecule has 2 aromatic rings. The number of carbonyl (C=O) groups excluding carboxylic acids is 2. The third-order valence-electron chi connectivity index (χ3n) is 3.52. The highest BCUT2D eigenvalue weighted by Crippen LogP contribution is 2.36. The standard InChI is InChI=1S/C19H19Cl2NO4/c1-3-8-26-18-15(21)9-13(10-17(18)25-2)19(24)22-11-16(23)12-4-6-14(20)7-5-12/h4-7,9-10H,3,8,11H2,1-2H3,(H,22,24). The molecule has 2 rings (SSSR count). The van der Waals surface area contributed by atoms with Crippen LogP contribution in [0, 0.1) is 0 Å². The van der Waals surface area contributed by atoms with E-state index in [4.69, 9.17) is 32.7 Å². The molecule has 0 bridgehead atoms. The van der Waals surface area contributed by atoms with Gasteiger partial charge in [-0.25, -0.2) is 0 Å². The van der Waals surface area contributed by atoms with Crippen LogP contribution in [0.4, 0.5) is 0 Å². The summed E-state index contributed by atoms with van der Waals surface area (Å²) in [6.45, 7) is 2.31. The first kappa shape index (κ1) is 20.1. The topological polar surface area (TPSA) is 64.6 Å². The predicted octanol–water partition coefficient (Wildman–Crippen LogP) is 4.40. The Labute approximate surface area is 162 Å². The summed E-state index contributed by atoms with van der Waals surface area (Å²) < 4.78 is 10.8. The fraction of sp³-hybridized carbons (Fsp3) is 0.263. The molecule has 2 aromatic carbocycles. The number of halogens is 2. The summed E-state index contributed by atoms with van der Waals surface area (Å²) in [6, 6.07) is 9.47. The summed E-state index contributed by atoms with van der Waals surface area (Å²) in [5.74, 6) is 0.0930. The van der Waals surface area contributed by atoms with Gasteiger partial charge in [0, 0.05) is 16.1 Å². The van der Waals surface area contributed by atoms with Gasteiger partial charge in [0.05, 0.1) is 25.3 Å². The van der Waals surface area contributed by atoms with Crippen molar-refractivity contribution < 1.29 is 19.1 Å². The highest BCUT2D eigenvalue weighted by Gasteiger charge is 2.16. The number of ketones is 1. The second-order valence-electron chi connectivity index (χ2n) is 5.45. The molecule has 1 N–H and O–H groups in total. The van der Waals surface area contributed by atoms with Crippen molar-refractivity contribution in [3.63, 3.8) is 0 Å². The van der Waals surface area contributed by atoms with Crippen LogP contribution >= 0.6 is 23.2 Å². The maximum atomic E-state index is 12.3. The van der Waals surface area contributed by atoms with Crippen LogP contribution in [0.2, 0.25) is 10.0 Å². The van der Waals surface area contributed by atoms with Crippen LogP contribution in [0.15, 0.2) is 36.4 Å². The van der Waals surface area contributed by atoms with Gasteiger partial charge in [-0.05, 0) is 42.8 Å². The lowest BCUT2D eigenvalue weighted by atomic mass is 10.1. The molecule has 0 aliphatic carbocycles. The van der Waals surface area contributed by atoms with Crippen LogP contribution in [-0.4, -0.2) is 32.0 Å². The second-order valence-corrected chi connectivity index (χ2v) is 6.29. The second kappa shape index (κ2) is 9.46. The van der Waals surface area contributed by atoms with Gasteiger partial charge in [-0.3, -0.25) is 9.59 Å². The van der Waals surface area contributed by atoms with E-state index in [1.54, 1.807) is 24.3 Å². The molecule has 138 valence electrons. The van der Waals surface area contributed by atoms with E-state index in [0.29, 0.717) is 28.7 Å². The van der Waals surface area contributed by atoms with Crippen molar-refractivity contribution in [3.05, 3.63) is 57.6 Å². The number of rotatable bonds is 8. The quantitative estimate of drug-likeness (QED) is 0.672. The van der Waals surface area contributed by atoms with Gasteiger partial charge in [0.1, 0.15) is 0 Å². The Bertz CT molecular complexity index is 791. The van der Waals surface area contributed by atoms with Crippen LogP contribution in [0.25, 0.3) is 0 Å². The summed E-state index contributed by atoms with van der Waals surface area (Å²) in [4.78, 5) is 24.5. The fourth-order valence-electron chi connectivity index (χ4n) is 2.20. The predicted molar refractivity (Wildman–Crippen MR) is 102 cm³/mol. The smallest absolute Gasteiger partial charge is 0.251 e. The van der Waals surface area contributed by atoms with E-state index in [1.807, 2.05) is 6.92 Å². The van der Waals surface area contributed by atoms with Gasteiger partial charge < -0.3 is 14.8 Å². The highest BCUT2D eigenvalue weighted by molar-refractivity contribution is 6.32. The molecule has 0 atom stereocenters. The van der Waals surface area contributed by atoms with Gasteiger partial charge in [-0.1, -0.05) is 30.1 Å². The van der Waals surface area contributed by atoms with E-state index in [2.05, 4.69) is 5.32 Å². The summed E-state index contributed by atoms with van der Waals surface area (Å²) in [5, 5.41) is 3.39. The number of ether oxygens (including phenoxy) is 2. The molecule has 0 aromatic heterocycles. The number of Topliss-reactive ketones (excluding diaryl/α,β-unsaturated/α-hetero) is 1. The molecule has 0 unspecified atom stereocenters. The Morgan fingerprint density at radius 1 is 1.08 bits per heavy atom. The zero-order chi connectivity index (χ0) is 19.1. The van der Waals surface area contributed by atoms with E-state index < -0.39 is 5.91 Å². The van der Waals surface area contributed by atoms with Gasteiger partial charge in [-0.15, -0.1) is 0 Å². The molecule has 0 radical (unpaired) electrons. The van der Waals surface area contributed by atoms with Gasteiger partial charge in [-0.2, -0.15) is 0 Å². The molecule has 0 spiro atoms. The van der Waals surface area contributed by atoms with Crippen molar-refractivity contribution in [2.24, 2.45) is 0 Å². The first-order valence-corrected chi connectivity index (χ1v) is 8.79. The third-order valence-corrected chi connectivity index (χ3v) is 4.05. The molecule has 5 nitrogen and oxygen atoms in total. The van der Waals surface area contributed by atoms with Crippen LogP contribution in [-0.2, 0) is 0 Å². The average Bonchev–Trinajstić information content (AvgIpc) is 2.64. The zero-order valence-electron chi connectivity index (χ0n) is 14.5. The van der Waals surface area contributed by atoms with Crippen molar-refractivity contribution in [3.8, 4) is 11.5 Å². The molecule has 7 heteroatoms. The first-order valence-electron chi connectivity index (χ1n) is 8.03. The molecule has 1 amide bonds. The Morgan fingerprint density at radius 3 is 2.38 bits per heavy atom. The van der Waals surface area contributed by atoms with Crippen molar-refractivity contribution in [1.82, 2.24) is 5.32 Å². The van der Waals surface area contributed by atoms with Gasteiger partial charge in [0.15, 0.2) is 17.3 Å². The summed E-state index contributed by atoms with van der Waals surface area (Å²) in [7, 11) is 1.47. The first-order chi connectivity index (χ1) is 12.5. The summed E-state index contributed by atoms with van der Waals surface area (Å²) in [6.07, 6.45) is 0.814. The van der Waals surface area contributed by atoms with E-state index in [-0.39, 0.29) is 22.9 Å². The normalized spacial score (nSPS) is 10.3. The molecule has 0 heterocycles. The lowest BCUT2D eigenvalue weighted by Crippen LogP contribution is -2.29. The zero-order valence-corrected chi connectivity index (χ0v) is 16.0. The van der Waals surface area contributed by atoms with Crippen molar-refractivity contribution >= 4 is 34.9 Å². The minimum absolute atomic E-state index is 0.144.